The second-order valence-electron chi connectivity index (χ2n) is 2.44. The van der Waals surface area contributed by atoms with Gasteiger partial charge in [-0.3, -0.25) is 0 Å². The monoisotopic (exact) mass is 156 g/mol. The highest BCUT2D eigenvalue weighted by Gasteiger charge is 2.13. The molecule has 1 heterocycles. The number of aliphatic hydroxyl groups is 1. The molecule has 62 valence electrons. The zero-order valence-corrected chi connectivity index (χ0v) is 6.34. The highest BCUT2D eigenvalue weighted by molar-refractivity contribution is 5.52. The molecule has 0 aliphatic carbocycles. The highest BCUT2D eigenvalue weighted by atomic mass is 16.3. The van der Waals surface area contributed by atoms with Gasteiger partial charge < -0.3 is 15.3 Å². The van der Waals surface area contributed by atoms with Gasteiger partial charge in [0.25, 0.3) is 0 Å². The van der Waals surface area contributed by atoms with Crippen molar-refractivity contribution in [2.75, 3.05) is 32.8 Å². The largest absolute Gasteiger partial charge is 0.395 e. The van der Waals surface area contributed by atoms with E-state index in [2.05, 4.69) is 5.32 Å². The van der Waals surface area contributed by atoms with Gasteiger partial charge in [0.2, 0.25) is 0 Å². The van der Waals surface area contributed by atoms with Crippen LogP contribution < -0.4 is 5.32 Å². The van der Waals surface area contributed by atoms with Gasteiger partial charge in [-0.2, -0.15) is 0 Å². The number of nitrogens with zero attached hydrogens (tertiary/aromatic N) is 1. The molecule has 1 rings (SSSR count). The second-order valence-corrected chi connectivity index (χ2v) is 2.44. The maximum atomic E-state index is 10.3. The Bertz CT molecular complexity index is 173. The predicted octanol–water partition coefficient (Wildman–Crippen LogP) is -1.40. The first-order chi connectivity index (χ1) is 5.38. The Morgan fingerprint density at radius 1 is 1.73 bits per heavy atom. The lowest BCUT2D eigenvalue weighted by Gasteiger charge is -2.28. The predicted molar refractivity (Wildman–Crippen MR) is 40.7 cm³/mol. The first-order valence-corrected chi connectivity index (χ1v) is 3.69. The average Bonchev–Trinajstić information content (AvgIpc) is 2.06. The number of rotatable bonds is 2. The van der Waals surface area contributed by atoms with Crippen molar-refractivity contribution in [3.63, 3.8) is 0 Å². The number of nitrogens with one attached hydrogen (secondary N) is 1. The molecule has 0 spiro atoms. The molecule has 1 fully saturated rings. The van der Waals surface area contributed by atoms with Crippen molar-refractivity contribution in [1.29, 1.82) is 0 Å². The van der Waals surface area contributed by atoms with Crippen molar-refractivity contribution in [3.8, 4) is 0 Å². The van der Waals surface area contributed by atoms with Crippen LogP contribution in [0.15, 0.2) is 5.70 Å². The molecule has 4 nitrogen and oxygen atoms in total. The van der Waals surface area contributed by atoms with Gasteiger partial charge in [-0.15, -0.1) is 0 Å². The summed E-state index contributed by atoms with van der Waals surface area (Å²) in [6.07, 6.45) is 0. The number of aliphatic hydroxyl groups excluding tert-OH is 1. The van der Waals surface area contributed by atoms with E-state index < -0.39 is 0 Å². The minimum Gasteiger partial charge on any atom is -0.395 e. The normalized spacial score (nSPS) is 18.3. The van der Waals surface area contributed by atoms with Gasteiger partial charge in [0.05, 0.1) is 6.61 Å². The lowest BCUT2D eigenvalue weighted by Crippen LogP contribution is -2.43. The molecule has 0 unspecified atom stereocenters. The third-order valence-corrected chi connectivity index (χ3v) is 1.72. The van der Waals surface area contributed by atoms with E-state index in [0.29, 0.717) is 18.8 Å². The van der Waals surface area contributed by atoms with Crippen molar-refractivity contribution in [2.24, 2.45) is 0 Å². The SMILES string of the molecule is O=C=C1CNCCN1CCO. The van der Waals surface area contributed by atoms with Gasteiger partial charge in [0, 0.05) is 26.2 Å². The quantitative estimate of drug-likeness (QED) is 0.483. The molecular weight excluding hydrogens is 144 g/mol. The molecule has 0 aromatic rings. The number of piperazine rings is 1. The van der Waals surface area contributed by atoms with E-state index in [0.717, 1.165) is 13.1 Å². The van der Waals surface area contributed by atoms with Crippen LogP contribution in [0.1, 0.15) is 0 Å². The first kappa shape index (κ1) is 8.27. The van der Waals surface area contributed by atoms with Gasteiger partial charge in [-0.1, -0.05) is 0 Å². The molecule has 0 bridgehead atoms. The minimum atomic E-state index is 0.0885. The standard InChI is InChI=1S/C7H12N2O2/c10-4-3-9-2-1-8-5-7(9)6-11/h8,10H,1-5H2. The summed E-state index contributed by atoms with van der Waals surface area (Å²) in [5, 5.41) is 11.7. The maximum Gasteiger partial charge on any atom is 0.147 e. The summed E-state index contributed by atoms with van der Waals surface area (Å²) in [7, 11) is 0. The summed E-state index contributed by atoms with van der Waals surface area (Å²) in [6.45, 7) is 2.84. The van der Waals surface area contributed by atoms with Gasteiger partial charge in [0.15, 0.2) is 0 Å². The zero-order valence-electron chi connectivity index (χ0n) is 6.34. The summed E-state index contributed by atoms with van der Waals surface area (Å²) in [5.41, 5.74) is 0.616. The summed E-state index contributed by atoms with van der Waals surface area (Å²) in [4.78, 5) is 12.2. The van der Waals surface area contributed by atoms with E-state index in [1.54, 1.807) is 0 Å². The van der Waals surface area contributed by atoms with Crippen LogP contribution in [-0.4, -0.2) is 48.7 Å². The lowest BCUT2D eigenvalue weighted by molar-refractivity contribution is 0.214. The van der Waals surface area contributed by atoms with Crippen molar-refractivity contribution < 1.29 is 9.90 Å². The molecule has 1 saturated heterocycles. The van der Waals surface area contributed by atoms with Crippen LogP contribution in [0.25, 0.3) is 0 Å². The van der Waals surface area contributed by atoms with Crippen LogP contribution in [0.3, 0.4) is 0 Å². The molecular formula is C7H12N2O2. The number of carbonyl (C=O) groups excluding carboxylic acids is 1. The third kappa shape index (κ3) is 2.05. The summed E-state index contributed by atoms with van der Waals surface area (Å²) in [5.74, 6) is 1.86. The molecule has 0 radical (unpaired) electrons. The van der Waals surface area contributed by atoms with E-state index in [4.69, 9.17) is 5.11 Å². The molecule has 0 saturated carbocycles. The van der Waals surface area contributed by atoms with Crippen LogP contribution in [0.5, 0.6) is 0 Å². The van der Waals surface area contributed by atoms with E-state index in [9.17, 15) is 4.79 Å². The molecule has 4 heteroatoms. The molecule has 0 aromatic heterocycles. The Kier molecular flexibility index (Phi) is 3.11. The fourth-order valence-electron chi connectivity index (χ4n) is 1.14. The van der Waals surface area contributed by atoms with Gasteiger partial charge in [0.1, 0.15) is 11.6 Å². The van der Waals surface area contributed by atoms with Crippen LogP contribution in [0.2, 0.25) is 0 Å². The second kappa shape index (κ2) is 4.13. The highest BCUT2D eigenvalue weighted by Crippen LogP contribution is 2.01. The van der Waals surface area contributed by atoms with Gasteiger partial charge in [-0.25, -0.2) is 4.79 Å². The van der Waals surface area contributed by atoms with E-state index in [-0.39, 0.29) is 6.61 Å². The molecule has 11 heavy (non-hydrogen) atoms. The van der Waals surface area contributed by atoms with Crippen molar-refractivity contribution in [1.82, 2.24) is 10.2 Å². The fraction of sp³-hybridized carbons (Fsp3) is 0.714. The Morgan fingerprint density at radius 3 is 3.18 bits per heavy atom. The maximum absolute atomic E-state index is 10.3. The summed E-state index contributed by atoms with van der Waals surface area (Å²) >= 11 is 0. The van der Waals surface area contributed by atoms with Crippen LogP contribution >= 0.6 is 0 Å². The lowest BCUT2D eigenvalue weighted by atomic mass is 10.3. The first-order valence-electron chi connectivity index (χ1n) is 3.69. The Morgan fingerprint density at radius 2 is 2.55 bits per heavy atom. The van der Waals surface area contributed by atoms with Crippen molar-refractivity contribution in [3.05, 3.63) is 5.70 Å². The van der Waals surface area contributed by atoms with Crippen molar-refractivity contribution >= 4 is 5.94 Å². The molecule has 1 aliphatic rings. The topological polar surface area (TPSA) is 52.6 Å². The van der Waals surface area contributed by atoms with E-state index >= 15 is 0 Å². The molecule has 1 aliphatic heterocycles. The molecule has 0 amide bonds. The number of β-amino-alcohol motifs (C(OH)–C–C–N with tert-alkyl or cyclic N) is 1. The Hall–Kier alpha value is -0.830. The Labute approximate surface area is 65.5 Å². The van der Waals surface area contributed by atoms with E-state index in [1.807, 2.05) is 10.8 Å². The van der Waals surface area contributed by atoms with Gasteiger partial charge in [-0.05, 0) is 0 Å². The molecule has 0 atom stereocenters. The smallest absolute Gasteiger partial charge is 0.147 e. The third-order valence-electron chi connectivity index (χ3n) is 1.72. The Balaban J connectivity index is 2.52. The van der Waals surface area contributed by atoms with Crippen LogP contribution in [0, 0.1) is 0 Å². The molecule has 2 N–H and O–H groups in total. The van der Waals surface area contributed by atoms with Crippen molar-refractivity contribution in [2.45, 2.75) is 0 Å². The average molecular weight is 156 g/mol. The number of hydrogen-bond acceptors (Lipinski definition) is 4. The summed E-state index contributed by atoms with van der Waals surface area (Å²) < 4.78 is 0. The molecule has 0 aromatic carbocycles. The fourth-order valence-corrected chi connectivity index (χ4v) is 1.14. The summed E-state index contributed by atoms with van der Waals surface area (Å²) in [6, 6.07) is 0. The van der Waals surface area contributed by atoms with Crippen LogP contribution in [0.4, 0.5) is 0 Å². The number of hydrogen-bond donors (Lipinski definition) is 2. The minimum absolute atomic E-state index is 0.0885. The van der Waals surface area contributed by atoms with Gasteiger partial charge >= 0.3 is 0 Å². The van der Waals surface area contributed by atoms with E-state index in [1.165, 1.54) is 0 Å². The van der Waals surface area contributed by atoms with Crippen LogP contribution in [-0.2, 0) is 4.79 Å². The zero-order chi connectivity index (χ0) is 8.10.